The molecule has 3 aromatic rings. The molecule has 0 saturated heterocycles. The third-order valence-electron chi connectivity index (χ3n) is 4.45. The van der Waals surface area contributed by atoms with Crippen molar-refractivity contribution in [2.75, 3.05) is 12.8 Å². The number of nitrogens with one attached hydrogen (secondary N) is 1. The molecule has 158 valence electrons. The highest BCUT2D eigenvalue weighted by Crippen LogP contribution is 2.16. The van der Waals surface area contributed by atoms with Crippen LogP contribution in [0.2, 0.25) is 0 Å². The Labute approximate surface area is 181 Å². The van der Waals surface area contributed by atoms with Crippen molar-refractivity contribution in [3.63, 3.8) is 0 Å². The van der Waals surface area contributed by atoms with Crippen LogP contribution in [0.1, 0.15) is 31.7 Å². The summed E-state index contributed by atoms with van der Waals surface area (Å²) in [7, 11) is 0. The molecule has 0 spiro atoms. The lowest BCUT2D eigenvalue weighted by atomic mass is 10.2. The highest BCUT2D eigenvalue weighted by atomic mass is 32.2. The number of rotatable bonds is 10. The second kappa shape index (κ2) is 10.8. The van der Waals surface area contributed by atoms with Crippen molar-refractivity contribution in [1.29, 1.82) is 0 Å². The van der Waals surface area contributed by atoms with Crippen molar-refractivity contribution in [2.45, 2.75) is 38.4 Å². The van der Waals surface area contributed by atoms with E-state index in [1.165, 1.54) is 0 Å². The summed E-state index contributed by atoms with van der Waals surface area (Å²) in [5.74, 6) is 1.39. The molecule has 0 aliphatic rings. The first-order chi connectivity index (χ1) is 14.6. The molecule has 0 bridgehead atoms. The summed E-state index contributed by atoms with van der Waals surface area (Å²) in [5, 5.41) is 16.8. The topological polar surface area (TPSA) is 77.6 Å². The number of hydrogen-bond acceptors (Lipinski definition) is 5. The molecule has 1 N–H and O–H groups in total. The van der Waals surface area contributed by atoms with E-state index in [4.69, 9.17) is 0 Å². The lowest BCUT2D eigenvalue weighted by Crippen LogP contribution is -2.23. The van der Waals surface area contributed by atoms with Gasteiger partial charge in [-0.3, -0.25) is 4.79 Å². The van der Waals surface area contributed by atoms with Crippen molar-refractivity contribution < 1.29 is 4.79 Å². The fourth-order valence-corrected chi connectivity index (χ4v) is 3.56. The molecule has 7 nitrogen and oxygen atoms in total. The van der Waals surface area contributed by atoms with Gasteiger partial charge in [-0.1, -0.05) is 43.8 Å². The average Bonchev–Trinajstić information content (AvgIpc) is 3.37. The molecule has 8 heteroatoms. The number of carbonyl (C=O) groups excluding carboxylic acids is 1. The Morgan fingerprint density at radius 1 is 1.23 bits per heavy atom. The quantitative estimate of drug-likeness (QED) is 0.306. The summed E-state index contributed by atoms with van der Waals surface area (Å²) in [5.41, 5.74) is 1.86. The molecule has 30 heavy (non-hydrogen) atoms. The highest BCUT2D eigenvalue weighted by Gasteiger charge is 2.12. The minimum absolute atomic E-state index is 0.115. The Hall–Kier alpha value is -2.87. The van der Waals surface area contributed by atoms with E-state index in [-0.39, 0.29) is 5.91 Å². The largest absolute Gasteiger partial charge is 0.353 e. The monoisotopic (exact) mass is 424 g/mol. The van der Waals surface area contributed by atoms with Crippen LogP contribution in [-0.2, 0) is 17.8 Å². The van der Waals surface area contributed by atoms with Crippen LogP contribution in [-0.4, -0.2) is 43.3 Å². The van der Waals surface area contributed by atoms with Gasteiger partial charge in [-0.05, 0) is 36.8 Å². The molecular formula is C22H28N6OS. The van der Waals surface area contributed by atoms with Gasteiger partial charge in [0.25, 0.3) is 0 Å². The van der Waals surface area contributed by atoms with Gasteiger partial charge in [-0.25, -0.2) is 4.68 Å². The zero-order valence-electron chi connectivity index (χ0n) is 17.7. The summed E-state index contributed by atoms with van der Waals surface area (Å²) in [6.45, 7) is 5.87. The van der Waals surface area contributed by atoms with Crippen molar-refractivity contribution in [3.8, 4) is 5.69 Å². The molecule has 1 amide bonds. The number of carbonyl (C=O) groups is 1. The number of nitrogens with zero attached hydrogens (tertiary/aromatic N) is 5. The second-order valence-electron chi connectivity index (χ2n) is 7.39. The fraction of sp³-hybridized carbons (Fsp3) is 0.364. The molecule has 0 aliphatic heterocycles. The van der Waals surface area contributed by atoms with Gasteiger partial charge in [0.15, 0.2) is 5.16 Å². The van der Waals surface area contributed by atoms with E-state index in [1.807, 2.05) is 42.8 Å². The molecule has 0 atom stereocenters. The molecule has 0 fully saturated rings. The van der Waals surface area contributed by atoms with Crippen molar-refractivity contribution in [3.05, 3.63) is 60.2 Å². The standard InChI is InChI=1S/C22H28N6OS/c1-17(2)15-27-20(25-26-22(27)30-3)10-7-13-23-21(29)12-11-18-14-24-28(16-18)19-8-5-4-6-9-19/h4-6,8-9,11-12,14,16-17H,7,10,13,15H2,1-3H3,(H,23,29)/b12-11+. The summed E-state index contributed by atoms with van der Waals surface area (Å²) in [6, 6.07) is 9.86. The maximum absolute atomic E-state index is 12.1. The fourth-order valence-electron chi connectivity index (χ4n) is 3.04. The van der Waals surface area contributed by atoms with E-state index in [9.17, 15) is 4.79 Å². The third kappa shape index (κ3) is 6.06. The number of aryl methyl sites for hydroxylation is 1. The average molecular weight is 425 g/mol. The van der Waals surface area contributed by atoms with Crippen LogP contribution in [0.15, 0.2) is 54.0 Å². The van der Waals surface area contributed by atoms with Gasteiger partial charge in [0, 0.05) is 37.3 Å². The van der Waals surface area contributed by atoms with Crippen LogP contribution in [0, 0.1) is 5.92 Å². The number of aromatic nitrogens is 5. The molecule has 3 rings (SSSR count). The lowest BCUT2D eigenvalue weighted by Gasteiger charge is -2.11. The third-order valence-corrected chi connectivity index (χ3v) is 5.12. The molecular weight excluding hydrogens is 396 g/mol. The second-order valence-corrected chi connectivity index (χ2v) is 8.16. The van der Waals surface area contributed by atoms with Crippen LogP contribution in [0.25, 0.3) is 11.8 Å². The first kappa shape index (κ1) is 21.8. The first-order valence-corrected chi connectivity index (χ1v) is 11.3. The van der Waals surface area contributed by atoms with Gasteiger partial charge in [-0.15, -0.1) is 10.2 Å². The summed E-state index contributed by atoms with van der Waals surface area (Å²) in [6.07, 6.45) is 10.6. The zero-order chi connectivity index (χ0) is 21.3. The smallest absolute Gasteiger partial charge is 0.244 e. The van der Waals surface area contributed by atoms with E-state index < -0.39 is 0 Å². The maximum Gasteiger partial charge on any atom is 0.244 e. The van der Waals surface area contributed by atoms with E-state index in [0.29, 0.717) is 12.5 Å². The van der Waals surface area contributed by atoms with Crippen LogP contribution in [0.3, 0.4) is 0 Å². The maximum atomic E-state index is 12.1. The van der Waals surface area contributed by atoms with Crippen molar-refractivity contribution in [2.24, 2.45) is 5.92 Å². The van der Waals surface area contributed by atoms with E-state index in [0.717, 1.165) is 41.6 Å². The molecule has 1 aromatic carbocycles. The van der Waals surface area contributed by atoms with Gasteiger partial charge in [0.05, 0.1) is 11.9 Å². The van der Waals surface area contributed by atoms with Gasteiger partial charge >= 0.3 is 0 Å². The Morgan fingerprint density at radius 3 is 2.77 bits per heavy atom. The van der Waals surface area contributed by atoms with Gasteiger partial charge < -0.3 is 9.88 Å². The van der Waals surface area contributed by atoms with Crippen LogP contribution < -0.4 is 5.32 Å². The minimum Gasteiger partial charge on any atom is -0.353 e. The Morgan fingerprint density at radius 2 is 2.03 bits per heavy atom. The number of para-hydroxylation sites is 1. The molecule has 0 unspecified atom stereocenters. The van der Waals surface area contributed by atoms with Gasteiger partial charge in [0.1, 0.15) is 5.82 Å². The molecule has 0 radical (unpaired) electrons. The Balaban J connectivity index is 1.46. The van der Waals surface area contributed by atoms with Crippen LogP contribution >= 0.6 is 11.8 Å². The number of thioether (sulfide) groups is 1. The van der Waals surface area contributed by atoms with Crippen molar-refractivity contribution >= 4 is 23.7 Å². The van der Waals surface area contributed by atoms with E-state index >= 15 is 0 Å². The van der Waals surface area contributed by atoms with E-state index in [1.54, 1.807) is 34.8 Å². The van der Waals surface area contributed by atoms with Crippen LogP contribution in [0.4, 0.5) is 0 Å². The highest BCUT2D eigenvalue weighted by molar-refractivity contribution is 7.98. The van der Waals surface area contributed by atoms with E-state index in [2.05, 4.69) is 39.0 Å². The number of amides is 1. The SMILES string of the molecule is CSc1nnc(CCCNC(=O)/C=C/c2cnn(-c3ccccc3)c2)n1CC(C)C. The minimum atomic E-state index is -0.115. The lowest BCUT2D eigenvalue weighted by molar-refractivity contribution is -0.116. The molecule has 0 saturated carbocycles. The normalized spacial score (nSPS) is 11.5. The van der Waals surface area contributed by atoms with Gasteiger partial charge in [0.2, 0.25) is 5.91 Å². The molecule has 2 aromatic heterocycles. The Kier molecular flexibility index (Phi) is 7.84. The van der Waals surface area contributed by atoms with Gasteiger partial charge in [-0.2, -0.15) is 5.10 Å². The first-order valence-electron chi connectivity index (χ1n) is 10.1. The number of hydrogen-bond donors (Lipinski definition) is 1. The van der Waals surface area contributed by atoms with Crippen molar-refractivity contribution in [1.82, 2.24) is 29.9 Å². The Bertz CT molecular complexity index is 977. The summed E-state index contributed by atoms with van der Waals surface area (Å²) in [4.78, 5) is 12.1. The van der Waals surface area contributed by atoms with Crippen LogP contribution in [0.5, 0.6) is 0 Å². The summed E-state index contributed by atoms with van der Waals surface area (Å²) < 4.78 is 3.97. The molecule has 0 aliphatic carbocycles. The predicted octanol–water partition coefficient (Wildman–Crippen LogP) is 3.60. The zero-order valence-corrected chi connectivity index (χ0v) is 18.5. The molecule has 2 heterocycles. The predicted molar refractivity (Wildman–Crippen MR) is 121 cm³/mol. The summed E-state index contributed by atoms with van der Waals surface area (Å²) >= 11 is 1.61. The number of benzene rings is 1.